The first-order valence-corrected chi connectivity index (χ1v) is 7.00. The van der Waals surface area contributed by atoms with Gasteiger partial charge in [-0.1, -0.05) is 6.42 Å². The van der Waals surface area contributed by atoms with E-state index < -0.39 is 18.6 Å². The summed E-state index contributed by atoms with van der Waals surface area (Å²) in [7, 11) is 0. The van der Waals surface area contributed by atoms with Crippen molar-refractivity contribution in [2.45, 2.75) is 44.8 Å². The van der Waals surface area contributed by atoms with Crippen molar-refractivity contribution in [2.24, 2.45) is 5.73 Å². The predicted molar refractivity (Wildman–Crippen MR) is 69.5 cm³/mol. The van der Waals surface area contributed by atoms with Gasteiger partial charge in [0.15, 0.2) is 0 Å². The Morgan fingerprint density at radius 2 is 1.90 bits per heavy atom. The number of primary amides is 1. The van der Waals surface area contributed by atoms with Crippen molar-refractivity contribution in [1.29, 1.82) is 0 Å². The van der Waals surface area contributed by atoms with E-state index in [1.54, 1.807) is 6.07 Å². The number of nitrogens with two attached hydrogens (primary N) is 1. The lowest BCUT2D eigenvalue weighted by atomic mass is 10.1. The fourth-order valence-electron chi connectivity index (χ4n) is 1.67. The zero-order valence-electron chi connectivity index (χ0n) is 10.8. The van der Waals surface area contributed by atoms with E-state index in [-0.39, 0.29) is 13.0 Å². The molecule has 0 saturated carbocycles. The molecule has 0 saturated heterocycles. The summed E-state index contributed by atoms with van der Waals surface area (Å²) in [6.07, 6.45) is -2.75. The molecule has 1 aromatic rings. The second kappa shape index (κ2) is 7.49. The molecule has 0 unspecified atom stereocenters. The van der Waals surface area contributed by atoms with Crippen LogP contribution in [0.4, 0.5) is 18.0 Å². The van der Waals surface area contributed by atoms with Crippen LogP contribution in [-0.2, 0) is 13.0 Å². The summed E-state index contributed by atoms with van der Waals surface area (Å²) in [4.78, 5) is 12.4. The first kappa shape index (κ1) is 16.8. The zero-order valence-corrected chi connectivity index (χ0v) is 11.6. The summed E-state index contributed by atoms with van der Waals surface area (Å²) >= 11 is 1.41. The topological polar surface area (TPSA) is 66.6 Å². The third-order valence-corrected chi connectivity index (χ3v) is 3.79. The lowest BCUT2D eigenvalue weighted by Crippen LogP contribution is -2.31. The molecule has 2 amide bonds. The van der Waals surface area contributed by atoms with E-state index in [0.29, 0.717) is 24.3 Å². The Balaban J connectivity index is 2.25. The summed E-state index contributed by atoms with van der Waals surface area (Å²) < 4.78 is 35.8. The second-order valence-electron chi connectivity index (χ2n) is 4.44. The van der Waals surface area contributed by atoms with Crippen LogP contribution < -0.4 is 5.73 Å². The highest BCUT2D eigenvalue weighted by molar-refractivity contribution is 7.11. The Hall–Kier alpha value is -1.28. The number of hydrogen-bond acceptors (Lipinski definition) is 3. The number of hydrogen-bond donors (Lipinski definition) is 2. The molecule has 1 rings (SSSR count). The standard InChI is InChI=1S/C12H17F3N2O2S/c13-12(14,15)7-3-1-2-4-9-5-6-10(20-9)8-17(19)11(16)18/h5-6,19H,1-4,7-8H2,(H2,16,18). The van der Waals surface area contributed by atoms with E-state index in [9.17, 15) is 23.2 Å². The number of unbranched alkanes of at least 4 members (excludes halogenated alkanes) is 2. The number of amides is 2. The quantitative estimate of drug-likeness (QED) is 0.458. The fraction of sp³-hybridized carbons (Fsp3) is 0.583. The Bertz CT molecular complexity index is 435. The summed E-state index contributed by atoms with van der Waals surface area (Å²) in [5.41, 5.74) is 4.89. The molecule has 1 heterocycles. The van der Waals surface area contributed by atoms with Gasteiger partial charge in [-0.2, -0.15) is 13.2 Å². The van der Waals surface area contributed by atoms with Crippen LogP contribution in [0, 0.1) is 0 Å². The number of nitrogens with zero attached hydrogens (tertiary/aromatic N) is 1. The highest BCUT2D eigenvalue weighted by Gasteiger charge is 2.25. The van der Waals surface area contributed by atoms with Crippen molar-refractivity contribution in [3.05, 3.63) is 21.9 Å². The smallest absolute Gasteiger partial charge is 0.350 e. The third kappa shape index (κ3) is 6.76. The van der Waals surface area contributed by atoms with E-state index in [0.717, 1.165) is 9.75 Å². The number of thiophene rings is 1. The van der Waals surface area contributed by atoms with Crippen LogP contribution in [0.2, 0.25) is 0 Å². The molecule has 0 aliphatic heterocycles. The number of alkyl halides is 3. The summed E-state index contributed by atoms with van der Waals surface area (Å²) in [5.74, 6) is 0. The maximum absolute atomic E-state index is 11.9. The van der Waals surface area contributed by atoms with Crippen molar-refractivity contribution < 1.29 is 23.2 Å². The Kier molecular flexibility index (Phi) is 6.28. The van der Waals surface area contributed by atoms with Gasteiger partial charge in [0.05, 0.1) is 6.54 Å². The lowest BCUT2D eigenvalue weighted by molar-refractivity contribution is -0.135. The SMILES string of the molecule is NC(=O)N(O)Cc1ccc(CCCCCC(F)(F)F)s1. The van der Waals surface area contributed by atoms with Crippen LogP contribution in [0.25, 0.3) is 0 Å². The lowest BCUT2D eigenvalue weighted by Gasteiger charge is -2.09. The first-order valence-electron chi connectivity index (χ1n) is 6.18. The molecule has 0 aromatic carbocycles. The number of hydroxylamine groups is 2. The van der Waals surface area contributed by atoms with E-state index >= 15 is 0 Å². The molecular weight excluding hydrogens is 293 g/mol. The highest BCUT2D eigenvalue weighted by Crippen LogP contribution is 2.24. The summed E-state index contributed by atoms with van der Waals surface area (Å²) in [6.45, 7) is 0.0219. The molecule has 20 heavy (non-hydrogen) atoms. The average molecular weight is 310 g/mol. The van der Waals surface area contributed by atoms with Crippen molar-refractivity contribution in [3.8, 4) is 0 Å². The van der Waals surface area contributed by atoms with Crippen molar-refractivity contribution in [2.75, 3.05) is 0 Å². The molecule has 114 valence electrons. The van der Waals surface area contributed by atoms with Gasteiger partial charge in [-0.05, 0) is 31.4 Å². The van der Waals surface area contributed by atoms with Crippen LogP contribution in [0.1, 0.15) is 35.4 Å². The monoisotopic (exact) mass is 310 g/mol. The maximum Gasteiger partial charge on any atom is 0.389 e. The second-order valence-corrected chi connectivity index (χ2v) is 5.69. The van der Waals surface area contributed by atoms with E-state index in [1.807, 2.05) is 6.07 Å². The van der Waals surface area contributed by atoms with Gasteiger partial charge in [-0.25, -0.2) is 9.86 Å². The molecule has 0 atom stereocenters. The molecule has 0 spiro atoms. The molecule has 0 bridgehead atoms. The minimum atomic E-state index is -4.07. The molecule has 0 fully saturated rings. The molecule has 3 N–H and O–H groups in total. The van der Waals surface area contributed by atoms with Gasteiger partial charge in [-0.15, -0.1) is 11.3 Å². The van der Waals surface area contributed by atoms with Crippen LogP contribution >= 0.6 is 11.3 Å². The number of urea groups is 1. The number of carbonyl (C=O) groups excluding carboxylic acids is 1. The number of rotatable bonds is 7. The van der Waals surface area contributed by atoms with Crippen LogP contribution in [0.5, 0.6) is 0 Å². The molecular formula is C12H17F3N2O2S. The van der Waals surface area contributed by atoms with E-state index in [2.05, 4.69) is 0 Å². The largest absolute Gasteiger partial charge is 0.389 e. The molecule has 0 aliphatic rings. The Labute approximate surface area is 118 Å². The van der Waals surface area contributed by atoms with Crippen molar-refractivity contribution in [3.63, 3.8) is 0 Å². The van der Waals surface area contributed by atoms with Crippen molar-refractivity contribution in [1.82, 2.24) is 5.06 Å². The van der Waals surface area contributed by atoms with Gasteiger partial charge >= 0.3 is 12.2 Å². The fourth-order valence-corrected chi connectivity index (χ4v) is 2.71. The zero-order chi connectivity index (χ0) is 15.2. The minimum absolute atomic E-state index is 0.0219. The molecule has 0 radical (unpaired) electrons. The summed E-state index contributed by atoms with van der Waals surface area (Å²) in [6, 6.07) is 2.69. The van der Waals surface area contributed by atoms with Gasteiger partial charge in [-0.3, -0.25) is 5.21 Å². The highest BCUT2D eigenvalue weighted by atomic mass is 32.1. The Morgan fingerprint density at radius 3 is 2.50 bits per heavy atom. The van der Waals surface area contributed by atoms with E-state index in [4.69, 9.17) is 5.73 Å². The normalized spacial score (nSPS) is 11.6. The Morgan fingerprint density at radius 1 is 1.25 bits per heavy atom. The predicted octanol–water partition coefficient (Wildman–Crippen LogP) is 3.68. The van der Waals surface area contributed by atoms with Crippen LogP contribution in [0.3, 0.4) is 0 Å². The van der Waals surface area contributed by atoms with Gasteiger partial charge in [0.2, 0.25) is 0 Å². The number of aryl methyl sites for hydroxylation is 1. The number of halogens is 3. The molecule has 4 nitrogen and oxygen atoms in total. The van der Waals surface area contributed by atoms with Gasteiger partial charge < -0.3 is 5.73 Å². The maximum atomic E-state index is 11.9. The van der Waals surface area contributed by atoms with Gasteiger partial charge in [0, 0.05) is 16.2 Å². The minimum Gasteiger partial charge on any atom is -0.350 e. The van der Waals surface area contributed by atoms with Gasteiger partial charge in [0.1, 0.15) is 0 Å². The van der Waals surface area contributed by atoms with Crippen LogP contribution in [0.15, 0.2) is 12.1 Å². The average Bonchev–Trinajstić information content (AvgIpc) is 2.74. The van der Waals surface area contributed by atoms with Crippen LogP contribution in [-0.4, -0.2) is 22.5 Å². The molecule has 1 aromatic heterocycles. The van der Waals surface area contributed by atoms with Crippen molar-refractivity contribution >= 4 is 17.4 Å². The first-order chi connectivity index (χ1) is 9.28. The third-order valence-electron chi connectivity index (χ3n) is 2.66. The molecule has 0 aliphatic carbocycles. The summed E-state index contributed by atoms with van der Waals surface area (Å²) in [5, 5.41) is 9.59. The van der Waals surface area contributed by atoms with Gasteiger partial charge in [0.25, 0.3) is 0 Å². The van der Waals surface area contributed by atoms with E-state index in [1.165, 1.54) is 11.3 Å². The molecule has 8 heteroatoms. The number of carbonyl (C=O) groups is 1.